The molecule has 1 fully saturated rings. The Morgan fingerprint density at radius 2 is 1.35 bits per heavy atom. The van der Waals surface area contributed by atoms with Gasteiger partial charge in [-0.05, 0) is 38.5 Å². The first-order chi connectivity index (χ1) is 9.33. The molecule has 0 bridgehead atoms. The van der Waals surface area contributed by atoms with Gasteiger partial charge in [0.1, 0.15) is 0 Å². The lowest BCUT2D eigenvalue weighted by Gasteiger charge is -2.42. The van der Waals surface area contributed by atoms with E-state index in [4.69, 9.17) is 13.0 Å². The molecule has 4 nitrogen and oxygen atoms in total. The van der Waals surface area contributed by atoms with Crippen molar-refractivity contribution in [3.8, 4) is 0 Å². The molecule has 0 saturated carbocycles. The fraction of sp³-hybridized carbons (Fsp3) is 1.00. The lowest BCUT2D eigenvalue weighted by atomic mass is 10.0. The molecule has 1 heterocycles. The molecule has 0 spiro atoms. The highest BCUT2D eigenvalue weighted by atomic mass is 32.2. The quantitative estimate of drug-likeness (QED) is 0.412. The highest BCUT2D eigenvalue weighted by Gasteiger charge is 2.28. The van der Waals surface area contributed by atoms with E-state index in [9.17, 15) is 0 Å². The van der Waals surface area contributed by atoms with Crippen LogP contribution in [0.2, 0.25) is 0 Å². The first kappa shape index (κ1) is 19.9. The number of hydrogen-bond acceptors (Lipinski definition) is 3. The van der Waals surface area contributed by atoms with Crippen molar-refractivity contribution >= 4 is 10.1 Å². The van der Waals surface area contributed by atoms with Gasteiger partial charge in [0, 0.05) is 6.26 Å². The van der Waals surface area contributed by atoms with Crippen LogP contribution in [0, 0.1) is 0 Å². The number of likely N-dealkylation sites (tertiary alicyclic amines) is 1. The minimum absolute atomic E-state index is 0.604. The Morgan fingerprint density at radius 1 is 0.900 bits per heavy atom. The molecule has 0 radical (unpaired) electrons. The predicted octanol–water partition coefficient (Wildman–Crippen LogP) is 3.14. The third kappa shape index (κ3) is 11.7. The zero-order valence-electron chi connectivity index (χ0n) is 13.6. The van der Waals surface area contributed by atoms with Crippen LogP contribution < -0.4 is 0 Å². The van der Waals surface area contributed by atoms with E-state index in [-0.39, 0.29) is 0 Å². The molecule has 1 rings (SSSR count). The van der Waals surface area contributed by atoms with Crippen LogP contribution in [0.25, 0.3) is 0 Å². The predicted molar refractivity (Wildman–Crippen MR) is 83.6 cm³/mol. The first-order valence-electron chi connectivity index (χ1n) is 8.09. The zero-order chi connectivity index (χ0) is 15.5. The van der Waals surface area contributed by atoms with Crippen molar-refractivity contribution in [2.45, 2.75) is 65.2 Å². The van der Waals surface area contributed by atoms with Crippen LogP contribution in [0.3, 0.4) is 0 Å². The Balaban J connectivity index is 0.000000621. The maximum atomic E-state index is 9.08. The summed E-state index contributed by atoms with van der Waals surface area (Å²) in [7, 11) is -3.92. The number of nitrogens with zero attached hydrogens (tertiary/aromatic N) is 1. The van der Waals surface area contributed by atoms with Crippen molar-refractivity contribution in [3.63, 3.8) is 0 Å². The van der Waals surface area contributed by atoms with Gasteiger partial charge in [-0.2, -0.15) is 0 Å². The maximum absolute atomic E-state index is 9.08. The summed E-state index contributed by atoms with van der Waals surface area (Å²) in [5.74, 6) is 0. The van der Waals surface area contributed by atoms with Crippen molar-refractivity contribution in [3.05, 3.63) is 0 Å². The molecule has 122 valence electrons. The molecular formula is C15H33NO3S. The Labute approximate surface area is 125 Å². The average molecular weight is 308 g/mol. The summed E-state index contributed by atoms with van der Waals surface area (Å²) < 4.78 is 28.7. The van der Waals surface area contributed by atoms with Crippen LogP contribution >= 0.6 is 0 Å². The molecule has 20 heavy (non-hydrogen) atoms. The van der Waals surface area contributed by atoms with Crippen LogP contribution in [0.5, 0.6) is 0 Å². The number of quaternary nitrogens is 1. The van der Waals surface area contributed by atoms with Crippen LogP contribution in [0.15, 0.2) is 0 Å². The van der Waals surface area contributed by atoms with E-state index in [1.165, 1.54) is 82.0 Å². The SMILES string of the molecule is CCCCC[N+]1(CCCC)CCCCC1.CS(=O)(=O)[O-]. The van der Waals surface area contributed by atoms with Gasteiger partial charge in [0.25, 0.3) is 0 Å². The number of hydrogen-bond donors (Lipinski definition) is 0. The summed E-state index contributed by atoms with van der Waals surface area (Å²) >= 11 is 0. The monoisotopic (exact) mass is 307 g/mol. The molecule has 1 aliphatic rings. The molecule has 0 aliphatic carbocycles. The van der Waals surface area contributed by atoms with Crippen LogP contribution in [0.4, 0.5) is 0 Å². The van der Waals surface area contributed by atoms with Gasteiger partial charge >= 0.3 is 0 Å². The second kappa shape index (κ2) is 10.6. The van der Waals surface area contributed by atoms with E-state index in [1.807, 2.05) is 0 Å². The summed E-state index contributed by atoms with van der Waals surface area (Å²) in [5.41, 5.74) is 0. The van der Waals surface area contributed by atoms with Gasteiger partial charge in [-0.3, -0.25) is 0 Å². The average Bonchev–Trinajstić information content (AvgIpc) is 2.36. The molecule has 0 amide bonds. The molecule has 0 aromatic rings. The molecule has 1 saturated heterocycles. The van der Waals surface area contributed by atoms with Gasteiger partial charge < -0.3 is 9.04 Å². The summed E-state index contributed by atoms with van der Waals surface area (Å²) in [6.45, 7) is 10.5. The van der Waals surface area contributed by atoms with Crippen LogP contribution in [-0.2, 0) is 10.1 Å². The van der Waals surface area contributed by atoms with E-state index in [2.05, 4.69) is 13.8 Å². The third-order valence-electron chi connectivity index (χ3n) is 3.99. The summed E-state index contributed by atoms with van der Waals surface area (Å²) in [5, 5.41) is 0. The Kier molecular flexibility index (Phi) is 10.5. The highest BCUT2D eigenvalue weighted by molar-refractivity contribution is 7.84. The largest absolute Gasteiger partial charge is 0.748 e. The van der Waals surface area contributed by atoms with Gasteiger partial charge in [0.05, 0.1) is 36.3 Å². The lowest BCUT2D eigenvalue weighted by Crippen LogP contribution is -2.52. The van der Waals surface area contributed by atoms with Crippen molar-refractivity contribution < 1.29 is 17.5 Å². The molecule has 0 atom stereocenters. The van der Waals surface area contributed by atoms with E-state index >= 15 is 0 Å². The molecule has 0 aromatic heterocycles. The minimum atomic E-state index is -3.92. The summed E-state index contributed by atoms with van der Waals surface area (Å²) in [6, 6.07) is 0. The normalized spacial score (nSPS) is 18.2. The smallest absolute Gasteiger partial charge is 0.0916 e. The maximum Gasteiger partial charge on any atom is 0.0916 e. The van der Waals surface area contributed by atoms with Crippen LogP contribution in [-0.4, -0.2) is 49.9 Å². The van der Waals surface area contributed by atoms with Gasteiger partial charge in [0.2, 0.25) is 0 Å². The second-order valence-electron chi connectivity index (χ2n) is 6.06. The third-order valence-corrected chi connectivity index (χ3v) is 3.99. The van der Waals surface area contributed by atoms with Gasteiger partial charge in [-0.25, -0.2) is 8.42 Å². The number of rotatable bonds is 7. The van der Waals surface area contributed by atoms with Gasteiger partial charge in [0.15, 0.2) is 0 Å². The first-order valence-corrected chi connectivity index (χ1v) is 9.90. The minimum Gasteiger partial charge on any atom is -0.748 e. The molecule has 1 aliphatic heterocycles. The van der Waals surface area contributed by atoms with Crippen molar-refractivity contribution in [2.24, 2.45) is 0 Å². The molecule has 0 N–H and O–H groups in total. The fourth-order valence-corrected chi connectivity index (χ4v) is 2.93. The molecule has 5 heteroatoms. The Morgan fingerprint density at radius 3 is 1.80 bits per heavy atom. The van der Waals surface area contributed by atoms with Gasteiger partial charge in [-0.1, -0.05) is 26.7 Å². The van der Waals surface area contributed by atoms with E-state index in [0.717, 1.165) is 0 Å². The highest BCUT2D eigenvalue weighted by Crippen LogP contribution is 2.21. The number of unbranched alkanes of at least 4 members (excludes halogenated alkanes) is 3. The Hall–Kier alpha value is -0.130. The van der Waals surface area contributed by atoms with Crippen molar-refractivity contribution in [2.75, 3.05) is 32.4 Å². The van der Waals surface area contributed by atoms with E-state index in [1.54, 1.807) is 0 Å². The summed E-state index contributed by atoms with van der Waals surface area (Å²) in [4.78, 5) is 0. The standard InChI is InChI=1S/C14H30N.CH4O3S/c1-3-5-8-12-15(11-6-4-2)13-9-7-10-14-15;1-5(2,3)4/h3-14H2,1-2H3;1H3,(H,2,3,4)/q+1;/p-1. The molecule has 0 unspecified atom stereocenters. The van der Waals surface area contributed by atoms with Crippen LogP contribution in [0.1, 0.15) is 65.2 Å². The molecular weight excluding hydrogens is 274 g/mol. The van der Waals surface area contributed by atoms with E-state index in [0.29, 0.717) is 6.26 Å². The lowest BCUT2D eigenvalue weighted by molar-refractivity contribution is -0.932. The fourth-order valence-electron chi connectivity index (χ4n) is 2.93. The Bertz CT molecular complexity index is 314. The summed E-state index contributed by atoms with van der Waals surface area (Å²) in [6.07, 6.45) is 12.1. The van der Waals surface area contributed by atoms with Crippen molar-refractivity contribution in [1.29, 1.82) is 0 Å². The van der Waals surface area contributed by atoms with Crippen molar-refractivity contribution in [1.82, 2.24) is 0 Å². The second-order valence-corrected chi connectivity index (χ2v) is 7.47. The molecule has 0 aromatic carbocycles. The topological polar surface area (TPSA) is 57.2 Å². The zero-order valence-corrected chi connectivity index (χ0v) is 14.4. The van der Waals surface area contributed by atoms with Gasteiger partial charge in [-0.15, -0.1) is 0 Å². The number of piperidine rings is 1. The van der Waals surface area contributed by atoms with E-state index < -0.39 is 10.1 Å².